The zero-order valence-electron chi connectivity index (χ0n) is 12.2. The molecule has 0 aliphatic carbocycles. The van der Waals surface area contributed by atoms with E-state index in [9.17, 15) is 4.79 Å². The molecule has 0 spiro atoms. The number of benzene rings is 2. The van der Waals surface area contributed by atoms with Gasteiger partial charge in [-0.05, 0) is 42.5 Å². The van der Waals surface area contributed by atoms with Gasteiger partial charge in [-0.3, -0.25) is 0 Å². The van der Waals surface area contributed by atoms with Gasteiger partial charge in [0.1, 0.15) is 0 Å². The number of amides is 2. The molecule has 0 unspecified atom stereocenters. The van der Waals surface area contributed by atoms with Crippen LogP contribution in [0.25, 0.3) is 11.4 Å². The number of aryl methyl sites for hydroxylation is 1. The lowest BCUT2D eigenvalue weighted by atomic mass is 10.2. The third-order valence-electron chi connectivity index (χ3n) is 3.01. The second-order valence-corrected chi connectivity index (χ2v) is 5.72. The molecule has 0 aliphatic rings. The first-order valence-corrected chi connectivity index (χ1v) is 7.64. The fourth-order valence-electron chi connectivity index (χ4n) is 1.98. The molecule has 0 saturated carbocycles. The molecule has 0 atom stereocenters. The number of nitrogens with zero attached hydrogens (tertiary/aromatic N) is 2. The Morgan fingerprint density at radius 3 is 2.48 bits per heavy atom. The van der Waals surface area contributed by atoms with Crippen LogP contribution < -0.4 is 10.6 Å². The highest BCUT2D eigenvalue weighted by molar-refractivity contribution is 9.10. The zero-order valence-corrected chi connectivity index (χ0v) is 13.8. The van der Waals surface area contributed by atoms with Crippen molar-refractivity contribution in [2.24, 2.45) is 0 Å². The van der Waals surface area contributed by atoms with Gasteiger partial charge in [0.05, 0.1) is 0 Å². The molecule has 23 heavy (non-hydrogen) atoms. The second kappa shape index (κ2) is 6.62. The predicted octanol–water partition coefficient (Wildman–Crippen LogP) is 4.45. The number of carbonyl (C=O) groups excluding carboxylic acids is 1. The number of carbonyl (C=O) groups is 1. The Labute approximate surface area is 141 Å². The molecule has 2 N–H and O–H groups in total. The standard InChI is InChI=1S/C16H13BrN4O2/c1-10-18-15(21-23-10)11-5-7-13(8-6-11)19-16(22)20-14-4-2-3-12(17)9-14/h2-9H,1H3,(H2,19,20,22). The molecule has 0 saturated heterocycles. The van der Waals surface area contributed by atoms with Crippen LogP contribution in [0.5, 0.6) is 0 Å². The lowest BCUT2D eigenvalue weighted by molar-refractivity contribution is 0.262. The summed E-state index contributed by atoms with van der Waals surface area (Å²) in [5, 5.41) is 9.38. The number of aromatic nitrogens is 2. The van der Waals surface area contributed by atoms with Gasteiger partial charge in [-0.25, -0.2) is 4.79 Å². The lowest BCUT2D eigenvalue weighted by Crippen LogP contribution is -2.19. The van der Waals surface area contributed by atoms with Gasteiger partial charge in [0.15, 0.2) is 0 Å². The summed E-state index contributed by atoms with van der Waals surface area (Å²) < 4.78 is 5.84. The molecule has 7 heteroatoms. The highest BCUT2D eigenvalue weighted by Gasteiger charge is 2.07. The van der Waals surface area contributed by atoms with Gasteiger partial charge in [-0.2, -0.15) is 4.98 Å². The topological polar surface area (TPSA) is 80.0 Å². The minimum atomic E-state index is -0.314. The van der Waals surface area contributed by atoms with Crippen molar-refractivity contribution in [3.8, 4) is 11.4 Å². The Hall–Kier alpha value is -2.67. The van der Waals surface area contributed by atoms with Gasteiger partial charge >= 0.3 is 6.03 Å². The summed E-state index contributed by atoms with van der Waals surface area (Å²) in [5.74, 6) is 1.03. The molecule has 3 rings (SSSR count). The third kappa shape index (κ3) is 3.95. The molecule has 0 bridgehead atoms. The van der Waals surface area contributed by atoms with Crippen LogP contribution in [-0.2, 0) is 0 Å². The normalized spacial score (nSPS) is 10.3. The van der Waals surface area contributed by atoms with E-state index < -0.39 is 0 Å². The first-order valence-electron chi connectivity index (χ1n) is 6.84. The summed E-state index contributed by atoms with van der Waals surface area (Å²) >= 11 is 3.36. The fraction of sp³-hybridized carbons (Fsp3) is 0.0625. The number of nitrogens with one attached hydrogen (secondary N) is 2. The first kappa shape index (κ1) is 15.2. The van der Waals surface area contributed by atoms with Crippen molar-refractivity contribution in [1.29, 1.82) is 0 Å². The van der Waals surface area contributed by atoms with Crippen molar-refractivity contribution in [3.63, 3.8) is 0 Å². The largest absolute Gasteiger partial charge is 0.339 e. The van der Waals surface area contributed by atoms with Crippen LogP contribution >= 0.6 is 15.9 Å². The average molecular weight is 373 g/mol. The molecular formula is C16H13BrN4O2. The number of hydrogen-bond acceptors (Lipinski definition) is 4. The summed E-state index contributed by atoms with van der Waals surface area (Å²) in [6, 6.07) is 14.3. The van der Waals surface area contributed by atoms with Crippen LogP contribution in [-0.4, -0.2) is 16.2 Å². The van der Waals surface area contributed by atoms with Crippen LogP contribution in [0.1, 0.15) is 5.89 Å². The Balaban J connectivity index is 1.65. The van der Waals surface area contributed by atoms with Gasteiger partial charge in [0, 0.05) is 28.3 Å². The van der Waals surface area contributed by atoms with Crippen LogP contribution in [0.4, 0.5) is 16.2 Å². The van der Waals surface area contributed by atoms with Crippen molar-refractivity contribution in [3.05, 3.63) is 58.9 Å². The van der Waals surface area contributed by atoms with Gasteiger partial charge in [0.25, 0.3) is 0 Å². The van der Waals surface area contributed by atoms with E-state index in [4.69, 9.17) is 4.52 Å². The monoisotopic (exact) mass is 372 g/mol. The smallest absolute Gasteiger partial charge is 0.323 e. The number of urea groups is 1. The molecule has 0 radical (unpaired) electrons. The fourth-order valence-corrected chi connectivity index (χ4v) is 2.38. The van der Waals surface area contributed by atoms with Crippen LogP contribution in [0.3, 0.4) is 0 Å². The maximum atomic E-state index is 12.0. The van der Waals surface area contributed by atoms with E-state index in [1.54, 1.807) is 19.1 Å². The first-order chi connectivity index (χ1) is 11.1. The second-order valence-electron chi connectivity index (χ2n) is 4.80. The van der Waals surface area contributed by atoms with E-state index in [2.05, 4.69) is 36.7 Å². The zero-order chi connectivity index (χ0) is 16.2. The van der Waals surface area contributed by atoms with Gasteiger partial charge in [0.2, 0.25) is 11.7 Å². The van der Waals surface area contributed by atoms with E-state index >= 15 is 0 Å². The molecule has 0 aliphatic heterocycles. The Morgan fingerprint density at radius 2 is 1.83 bits per heavy atom. The van der Waals surface area contributed by atoms with E-state index in [0.29, 0.717) is 23.1 Å². The maximum Gasteiger partial charge on any atom is 0.323 e. The molecular weight excluding hydrogens is 360 g/mol. The molecule has 116 valence electrons. The summed E-state index contributed by atoms with van der Waals surface area (Å²) in [5.41, 5.74) is 2.19. The van der Waals surface area contributed by atoms with Crippen LogP contribution in [0, 0.1) is 6.92 Å². The Kier molecular flexibility index (Phi) is 4.38. The number of anilines is 2. The Bertz CT molecular complexity index is 830. The number of rotatable bonds is 3. The molecule has 3 aromatic rings. The lowest BCUT2D eigenvalue weighted by Gasteiger charge is -2.08. The number of halogens is 1. The average Bonchev–Trinajstić information content (AvgIpc) is 2.94. The Morgan fingerprint density at radius 1 is 1.09 bits per heavy atom. The van der Waals surface area contributed by atoms with Crippen molar-refractivity contribution in [2.45, 2.75) is 6.92 Å². The SMILES string of the molecule is Cc1nc(-c2ccc(NC(=O)Nc3cccc(Br)c3)cc2)no1. The summed E-state index contributed by atoms with van der Waals surface area (Å²) in [6.45, 7) is 1.73. The number of hydrogen-bond donors (Lipinski definition) is 2. The van der Waals surface area contributed by atoms with E-state index in [1.807, 2.05) is 36.4 Å². The van der Waals surface area contributed by atoms with Gasteiger partial charge in [-0.15, -0.1) is 0 Å². The summed E-state index contributed by atoms with van der Waals surface area (Å²) in [4.78, 5) is 16.1. The summed E-state index contributed by atoms with van der Waals surface area (Å²) in [6.07, 6.45) is 0. The highest BCUT2D eigenvalue weighted by Crippen LogP contribution is 2.19. The molecule has 6 nitrogen and oxygen atoms in total. The molecule has 2 aromatic carbocycles. The quantitative estimate of drug-likeness (QED) is 0.711. The van der Waals surface area contributed by atoms with E-state index in [-0.39, 0.29) is 6.03 Å². The van der Waals surface area contributed by atoms with Crippen LogP contribution in [0.2, 0.25) is 0 Å². The maximum absolute atomic E-state index is 12.0. The van der Waals surface area contributed by atoms with Gasteiger partial charge in [-0.1, -0.05) is 27.2 Å². The van der Waals surface area contributed by atoms with E-state index in [0.717, 1.165) is 10.0 Å². The van der Waals surface area contributed by atoms with Gasteiger partial charge < -0.3 is 15.2 Å². The minimum Gasteiger partial charge on any atom is -0.339 e. The molecule has 1 heterocycles. The third-order valence-corrected chi connectivity index (χ3v) is 3.50. The molecule has 0 fully saturated rings. The van der Waals surface area contributed by atoms with Crippen molar-refractivity contribution in [1.82, 2.24) is 10.1 Å². The predicted molar refractivity (Wildman–Crippen MR) is 91.3 cm³/mol. The van der Waals surface area contributed by atoms with Crippen molar-refractivity contribution < 1.29 is 9.32 Å². The van der Waals surface area contributed by atoms with Crippen LogP contribution in [0.15, 0.2) is 57.5 Å². The highest BCUT2D eigenvalue weighted by atomic mass is 79.9. The van der Waals surface area contributed by atoms with Crippen molar-refractivity contribution in [2.75, 3.05) is 10.6 Å². The summed E-state index contributed by atoms with van der Waals surface area (Å²) in [7, 11) is 0. The minimum absolute atomic E-state index is 0.314. The molecule has 1 aromatic heterocycles. The van der Waals surface area contributed by atoms with Crippen molar-refractivity contribution >= 4 is 33.3 Å². The van der Waals surface area contributed by atoms with E-state index in [1.165, 1.54) is 0 Å². The molecule has 2 amide bonds.